The molecule has 0 unspecified atom stereocenters. The summed E-state index contributed by atoms with van der Waals surface area (Å²) in [5.74, 6) is 0.158. The molecular formula is C34H38ClN51O9. The van der Waals surface area contributed by atoms with Gasteiger partial charge >= 0.3 is 17.9 Å². The number of hydrogen-bond donors (Lipinski definition) is 3. The smallest absolute Gasteiger partial charge is 0.343 e. The van der Waals surface area contributed by atoms with Crippen molar-refractivity contribution in [2.75, 3.05) is 33.5 Å². The number of nitrogens with one attached hydrogen (secondary N) is 3. The molecular weight excluding hydrogens is 1300 g/mol. The average molecular weight is 1340 g/mol. The summed E-state index contributed by atoms with van der Waals surface area (Å²) < 4.78 is 25.9. The van der Waals surface area contributed by atoms with Gasteiger partial charge < -0.3 is 29.0 Å². The number of nitrogens with zero attached hydrogens (tertiary/aromatic N) is 48. The zero-order chi connectivity index (χ0) is 69.0. The summed E-state index contributed by atoms with van der Waals surface area (Å²) in [6.45, 7) is 9.85. The van der Waals surface area contributed by atoms with Gasteiger partial charge in [0.25, 0.3) is 5.91 Å². The number of benzene rings is 3. The van der Waals surface area contributed by atoms with Crippen LogP contribution in [0.2, 0.25) is 5.02 Å². The number of hydrogen-bond acceptors (Lipinski definition) is 11. The van der Waals surface area contributed by atoms with Crippen molar-refractivity contribution in [2.24, 2.45) is 251 Å². The normalized spacial score (nSPS) is 12.6. The molecule has 0 aliphatic heterocycles. The molecule has 0 heterocycles. The molecule has 0 fully saturated rings. The molecule has 61 heteroatoms. The number of carbonyl (C=O) groups is 4. The van der Waals surface area contributed by atoms with Gasteiger partial charge in [0.1, 0.15) is 17.2 Å². The summed E-state index contributed by atoms with van der Waals surface area (Å²) >= 11 is 6.02. The fourth-order valence-electron chi connectivity index (χ4n) is 4.13. The van der Waals surface area contributed by atoms with Gasteiger partial charge in [-0.15, -0.1) is 0 Å². The van der Waals surface area contributed by atoms with Crippen LogP contribution in [0, 0.1) is 18.0 Å². The monoisotopic (exact) mass is 1340 g/mol. The molecule has 0 radical (unpaired) electrons. The van der Waals surface area contributed by atoms with Gasteiger partial charge in [-0.3, -0.25) is 4.79 Å². The number of amides is 1. The van der Waals surface area contributed by atoms with Crippen LogP contribution in [-0.2, 0) is 19.1 Å². The molecule has 3 N–H and O–H groups in total. The lowest BCUT2D eigenvalue weighted by molar-refractivity contribution is -0.138. The minimum absolute atomic E-state index is 0.136. The number of rotatable bonds is 39. The van der Waals surface area contributed by atoms with E-state index in [0.717, 1.165) is 17.7 Å². The minimum atomic E-state index is -0.479. The second-order valence-corrected chi connectivity index (χ2v) is 13.8. The first-order chi connectivity index (χ1) is 46.6. The van der Waals surface area contributed by atoms with Crippen LogP contribution in [0.5, 0.6) is 17.2 Å². The maximum absolute atomic E-state index is 12.2. The molecule has 0 aliphatic rings. The topological polar surface area (TPSA) is 767 Å². The predicted molar refractivity (Wildman–Crippen MR) is 292 cm³/mol. The largest absolute Gasteiger partial charge is 0.493 e. The van der Waals surface area contributed by atoms with Crippen LogP contribution in [0.15, 0.2) is 343 Å². The Kier molecular flexibility index (Phi) is 47.5. The van der Waals surface area contributed by atoms with Crippen molar-refractivity contribution in [2.45, 2.75) is 19.8 Å². The lowest BCUT2D eigenvalue weighted by Gasteiger charge is -2.08. The zero-order valence-electron chi connectivity index (χ0n) is 47.7. The molecule has 0 bridgehead atoms. The van der Waals surface area contributed by atoms with Crippen molar-refractivity contribution in [1.29, 1.82) is 11.1 Å². The van der Waals surface area contributed by atoms with Gasteiger partial charge in [-0.05, 0) is 157 Å². The van der Waals surface area contributed by atoms with Gasteiger partial charge in [0, 0.05) is 210 Å². The van der Waals surface area contributed by atoms with E-state index in [9.17, 15) is 19.2 Å². The van der Waals surface area contributed by atoms with Crippen LogP contribution in [0.1, 0.15) is 39.1 Å². The van der Waals surface area contributed by atoms with E-state index in [2.05, 4.69) is 269 Å². The van der Waals surface area contributed by atoms with Gasteiger partial charge in [0.2, 0.25) is 0 Å². The fourth-order valence-corrected chi connectivity index (χ4v) is 4.30. The van der Waals surface area contributed by atoms with Crippen molar-refractivity contribution in [3.05, 3.63) is 114 Å². The molecule has 0 aromatic heterocycles. The Morgan fingerprint density at radius 2 is 0.642 bits per heavy atom. The maximum atomic E-state index is 12.2. The number of halogens is 1. The molecule has 490 valence electrons. The van der Waals surface area contributed by atoms with Gasteiger partial charge in [0.05, 0.1) is 32.0 Å². The van der Waals surface area contributed by atoms with Crippen LogP contribution < -0.4 is 19.5 Å². The molecule has 60 nitrogen and oxygen atoms in total. The van der Waals surface area contributed by atoms with Crippen molar-refractivity contribution in [3.8, 4) is 17.2 Å². The zero-order valence-corrected chi connectivity index (χ0v) is 48.4. The summed E-state index contributed by atoms with van der Waals surface area (Å²) in [5.41, 5.74) is 14.4. The quantitative estimate of drug-likeness (QED) is 0.0122. The fraction of sp³-hybridized carbons (Fsp3) is 0.235. The molecule has 3 rings (SSSR count). The van der Waals surface area contributed by atoms with Crippen LogP contribution in [0.25, 0.3) is 0 Å². The van der Waals surface area contributed by atoms with E-state index in [4.69, 9.17) is 46.3 Å². The van der Waals surface area contributed by atoms with E-state index in [0.29, 0.717) is 66.1 Å². The van der Waals surface area contributed by atoms with Gasteiger partial charge in [-0.25, -0.2) is 14.4 Å². The van der Waals surface area contributed by atoms with Gasteiger partial charge in [-0.2, -0.15) is 11.1 Å². The highest BCUT2D eigenvalue weighted by atomic mass is 35.5. The Morgan fingerprint density at radius 1 is 0.389 bits per heavy atom. The van der Waals surface area contributed by atoms with E-state index in [1.807, 2.05) is 6.92 Å². The van der Waals surface area contributed by atoms with Crippen LogP contribution >= 0.6 is 11.6 Å². The first kappa shape index (κ1) is 77.9. The van der Waals surface area contributed by atoms with Crippen LogP contribution in [-0.4, -0.2) is 57.3 Å². The second-order valence-electron chi connectivity index (χ2n) is 13.4. The second kappa shape index (κ2) is 58.0. The maximum Gasteiger partial charge on any atom is 0.343 e. The van der Waals surface area contributed by atoms with E-state index >= 15 is 0 Å². The third kappa shape index (κ3) is 47.7. The van der Waals surface area contributed by atoms with Crippen molar-refractivity contribution in [3.63, 3.8) is 0 Å². The number of carbonyl (C=O) groups excluding carboxylic acids is 4. The van der Waals surface area contributed by atoms with Crippen molar-refractivity contribution in [1.82, 2.24) is 5.32 Å². The predicted octanol–water partition coefficient (Wildman–Crippen LogP) is 15.3. The lowest BCUT2D eigenvalue weighted by Crippen LogP contribution is -2.17. The van der Waals surface area contributed by atoms with Gasteiger partial charge in [0.15, 0.2) is 0 Å². The van der Waals surface area contributed by atoms with E-state index in [1.54, 1.807) is 73.8 Å². The number of ether oxygens (including phenoxy) is 5. The molecule has 0 atom stereocenters. The summed E-state index contributed by atoms with van der Waals surface area (Å²) in [6.07, 6.45) is 3.38. The highest BCUT2D eigenvalue weighted by molar-refractivity contribution is 6.31. The van der Waals surface area contributed by atoms with Crippen molar-refractivity contribution < 1.29 is 42.9 Å². The third-order valence-electron chi connectivity index (χ3n) is 7.61. The molecule has 0 saturated carbocycles. The molecule has 3 aromatic carbocycles. The van der Waals surface area contributed by atoms with Crippen molar-refractivity contribution >= 4 is 35.4 Å². The van der Waals surface area contributed by atoms with Crippen LogP contribution in [0.3, 0.4) is 0 Å². The summed E-state index contributed by atoms with van der Waals surface area (Å²) in [5, 5.41) is 145. The first-order valence-electron chi connectivity index (χ1n) is 23.8. The standard InChI is InChI=1S/C20H19ClO5.C14H17NO4.H2N50/c1-3-19(22)25-12-4-11-24-16-9-6-15(7-10-16)20(23)26-17-8-5-14(2)18(21)13-17;1-3-13(16)19-10-4-9-18-12-7-5-11(6-8-12)14(17)15-2;1-3-5-7-9-11-13-15-17-19-21-23-25-27-29-31-33-35-37-39-41-43-45-47-49-50-48-46-44-42-40-38-36-34-32-30-28-26-24-22-20-18-16-14-12-10-8-6-4-2/h3,5-10,13H,1,4,11-12H2,2H3;3,5-8H,1,4,9-10H2,2H3,(H,15,17);1-2H/b;;3-1?,4-2?,7-5+,8-6+,11-9+,12-10+,15-13+,16-14+,19-17+,20-18+,23-21+,24-22+,27-25+,28-26+,31-29+,32-30+,35-33+,36-34+,39-37+,40-38+,43-41+,44-42+,47-45+,48-46+,50-49+. The Labute approximate surface area is 528 Å². The minimum Gasteiger partial charge on any atom is -0.493 e. The van der Waals surface area contributed by atoms with E-state index < -0.39 is 17.9 Å². The summed E-state index contributed by atoms with van der Waals surface area (Å²) in [7, 11) is 1.58. The SMILES string of the molecule is C=CC(=O)OCCCOc1ccc(C(=O)NC)cc1.C=CC(=O)OCCCOc1ccc(C(=O)Oc2ccc(C)c(Cl)c2)cc1.N=N/N=N/N=N/N=N/N=N/N=N/N=N/N=N/N=N/N=N/N=N/N=N/N=N/N=N/N=N/N=N/N=N/N=N/N=N/N=N/N=N/N=N/N=N/N=N/N=N. The lowest BCUT2D eigenvalue weighted by atomic mass is 10.2. The average Bonchev–Trinajstić information content (AvgIpc) is 1.38. The Hall–Kier alpha value is -15.1. The summed E-state index contributed by atoms with van der Waals surface area (Å²) in [6, 6.07) is 18.5. The number of aryl methyl sites for hydroxylation is 1. The van der Waals surface area contributed by atoms with E-state index in [-0.39, 0.29) is 12.5 Å². The Balaban J connectivity index is 0.000000822. The van der Waals surface area contributed by atoms with Gasteiger partial charge in [-0.1, -0.05) is 30.8 Å². The molecule has 0 saturated heterocycles. The molecule has 95 heavy (non-hydrogen) atoms. The Morgan fingerprint density at radius 3 is 0.884 bits per heavy atom. The molecule has 0 aliphatic carbocycles. The van der Waals surface area contributed by atoms with E-state index in [1.165, 1.54) is 0 Å². The number of esters is 3. The molecule has 1 amide bonds. The molecule has 3 aromatic rings. The first-order valence-corrected chi connectivity index (χ1v) is 24.1. The molecule has 0 spiro atoms. The Bertz CT molecular complexity index is 3440. The third-order valence-corrected chi connectivity index (χ3v) is 8.02. The highest BCUT2D eigenvalue weighted by Crippen LogP contribution is 2.23. The summed E-state index contributed by atoms with van der Waals surface area (Å²) in [4.78, 5) is 45.1. The van der Waals surface area contributed by atoms with Crippen LogP contribution in [0.4, 0.5) is 0 Å². The highest BCUT2D eigenvalue weighted by Gasteiger charge is 2.10.